The van der Waals surface area contributed by atoms with Crippen LogP contribution in [0, 0.1) is 0 Å². The molecular weight excluding hydrogens is 267 g/mol. The molecule has 0 radical (unpaired) electrons. The summed E-state index contributed by atoms with van der Waals surface area (Å²) in [5.41, 5.74) is 6.79. The summed E-state index contributed by atoms with van der Waals surface area (Å²) in [7, 11) is 0. The zero-order valence-electron chi connectivity index (χ0n) is 10.9. The number of hydrogen-bond donors (Lipinski definition) is 1. The van der Waals surface area contributed by atoms with E-state index in [1.165, 1.54) is 0 Å². The van der Waals surface area contributed by atoms with Crippen molar-refractivity contribution in [2.24, 2.45) is 5.73 Å². The highest BCUT2D eigenvalue weighted by molar-refractivity contribution is 5.83. The lowest BCUT2D eigenvalue weighted by molar-refractivity contribution is -0.145. The van der Waals surface area contributed by atoms with E-state index in [-0.39, 0.29) is 13.2 Å². The van der Waals surface area contributed by atoms with Crippen molar-refractivity contribution >= 4 is 10.8 Å². The largest absolute Gasteiger partial charge is 0.391 e. The Morgan fingerprint density at radius 1 is 1.05 bits per heavy atom. The number of halogens is 3. The molecule has 0 aliphatic rings. The topological polar surface area (TPSA) is 35.2 Å². The minimum Gasteiger partial charge on any atom is -0.379 e. The minimum atomic E-state index is -4.19. The van der Waals surface area contributed by atoms with Crippen molar-refractivity contribution in [1.29, 1.82) is 0 Å². The quantitative estimate of drug-likeness (QED) is 0.847. The molecule has 5 heteroatoms. The minimum absolute atomic E-state index is 0.0778. The van der Waals surface area contributed by atoms with Crippen LogP contribution in [0.4, 0.5) is 13.2 Å². The molecule has 2 nitrogen and oxygen atoms in total. The average molecular weight is 283 g/mol. The van der Waals surface area contributed by atoms with Crippen LogP contribution < -0.4 is 5.73 Å². The molecule has 0 heterocycles. The fourth-order valence-electron chi connectivity index (χ4n) is 1.93. The lowest BCUT2D eigenvalue weighted by atomic mass is 10.0. The molecule has 1 unspecified atom stereocenters. The molecule has 0 bridgehead atoms. The van der Waals surface area contributed by atoms with E-state index in [1.54, 1.807) is 0 Å². The van der Waals surface area contributed by atoms with E-state index in [9.17, 15) is 13.2 Å². The summed E-state index contributed by atoms with van der Waals surface area (Å²) in [5.74, 6) is 0. The highest BCUT2D eigenvalue weighted by Crippen LogP contribution is 2.21. The molecule has 108 valence electrons. The number of ether oxygens (including phenoxy) is 1. The average Bonchev–Trinajstić information content (AvgIpc) is 2.42. The smallest absolute Gasteiger partial charge is 0.379 e. The predicted molar refractivity (Wildman–Crippen MR) is 72.4 cm³/mol. The van der Waals surface area contributed by atoms with Crippen LogP contribution in [0.15, 0.2) is 42.5 Å². The molecule has 0 saturated carbocycles. The molecule has 0 aromatic heterocycles. The molecule has 1 atom stereocenters. The monoisotopic (exact) mass is 283 g/mol. The van der Waals surface area contributed by atoms with Gasteiger partial charge in [0, 0.05) is 0 Å². The maximum Gasteiger partial charge on any atom is 0.391 e. The molecule has 0 aliphatic heterocycles. The molecule has 0 saturated heterocycles. The second kappa shape index (κ2) is 6.24. The van der Waals surface area contributed by atoms with E-state index in [2.05, 4.69) is 0 Å². The van der Waals surface area contributed by atoms with Gasteiger partial charge < -0.3 is 10.5 Å². The Bertz CT molecular complexity index is 568. The Labute approximate surface area is 115 Å². The fourth-order valence-corrected chi connectivity index (χ4v) is 1.93. The van der Waals surface area contributed by atoms with Crippen LogP contribution in [-0.2, 0) is 4.74 Å². The van der Waals surface area contributed by atoms with Crippen molar-refractivity contribution in [1.82, 2.24) is 0 Å². The SMILES string of the molecule is NC(COCCC(F)(F)F)c1ccc2ccccc2c1. The second-order valence-electron chi connectivity index (χ2n) is 4.65. The summed E-state index contributed by atoms with van der Waals surface area (Å²) in [5, 5.41) is 2.15. The standard InChI is InChI=1S/C15H16F3NO/c16-15(17,18)7-8-20-10-14(19)13-6-5-11-3-1-2-4-12(11)9-13/h1-6,9,14H,7-8,10,19H2. The van der Waals surface area contributed by atoms with Gasteiger partial charge in [-0.15, -0.1) is 0 Å². The normalized spacial score (nSPS) is 13.6. The number of rotatable bonds is 5. The molecular formula is C15H16F3NO. The van der Waals surface area contributed by atoms with Gasteiger partial charge in [-0.2, -0.15) is 13.2 Å². The first-order chi connectivity index (χ1) is 9.46. The van der Waals surface area contributed by atoms with Crippen molar-refractivity contribution in [2.75, 3.05) is 13.2 Å². The first kappa shape index (κ1) is 14.8. The number of benzene rings is 2. The fraction of sp³-hybridized carbons (Fsp3) is 0.333. The van der Waals surface area contributed by atoms with E-state index in [4.69, 9.17) is 10.5 Å². The van der Waals surface area contributed by atoms with Crippen LogP contribution in [0.3, 0.4) is 0 Å². The second-order valence-corrected chi connectivity index (χ2v) is 4.65. The van der Waals surface area contributed by atoms with Gasteiger partial charge in [-0.1, -0.05) is 36.4 Å². The molecule has 0 spiro atoms. The third-order valence-corrected chi connectivity index (χ3v) is 3.03. The number of hydrogen-bond acceptors (Lipinski definition) is 2. The third-order valence-electron chi connectivity index (χ3n) is 3.03. The zero-order chi connectivity index (χ0) is 14.6. The van der Waals surface area contributed by atoms with E-state index >= 15 is 0 Å². The number of nitrogens with two attached hydrogens (primary N) is 1. The van der Waals surface area contributed by atoms with Crippen LogP contribution in [0.25, 0.3) is 10.8 Å². The molecule has 20 heavy (non-hydrogen) atoms. The Morgan fingerprint density at radius 3 is 2.45 bits per heavy atom. The van der Waals surface area contributed by atoms with Crippen molar-refractivity contribution in [2.45, 2.75) is 18.6 Å². The summed E-state index contributed by atoms with van der Waals surface area (Å²) in [6, 6.07) is 13.2. The predicted octanol–water partition coefficient (Wildman–Crippen LogP) is 3.81. The van der Waals surface area contributed by atoms with Crippen LogP contribution in [0.1, 0.15) is 18.0 Å². The Morgan fingerprint density at radius 2 is 1.75 bits per heavy atom. The van der Waals surface area contributed by atoms with Gasteiger partial charge in [0.15, 0.2) is 0 Å². The van der Waals surface area contributed by atoms with Gasteiger partial charge in [0.2, 0.25) is 0 Å². The number of fused-ring (bicyclic) bond motifs is 1. The van der Waals surface area contributed by atoms with Crippen LogP contribution in [-0.4, -0.2) is 19.4 Å². The molecule has 0 aliphatic carbocycles. The summed E-state index contributed by atoms with van der Waals surface area (Å²) >= 11 is 0. The van der Waals surface area contributed by atoms with Gasteiger partial charge in [0.05, 0.1) is 25.7 Å². The van der Waals surface area contributed by atoms with Gasteiger partial charge in [0.25, 0.3) is 0 Å². The molecule has 0 amide bonds. The van der Waals surface area contributed by atoms with E-state index in [0.29, 0.717) is 0 Å². The first-order valence-electron chi connectivity index (χ1n) is 6.34. The van der Waals surface area contributed by atoms with Crippen molar-refractivity contribution in [3.63, 3.8) is 0 Å². The van der Waals surface area contributed by atoms with Gasteiger partial charge in [-0.3, -0.25) is 0 Å². The van der Waals surface area contributed by atoms with E-state index < -0.39 is 18.6 Å². The van der Waals surface area contributed by atoms with Crippen LogP contribution in [0.5, 0.6) is 0 Å². The lowest BCUT2D eigenvalue weighted by Crippen LogP contribution is -2.19. The molecule has 2 N–H and O–H groups in total. The summed E-state index contributed by atoms with van der Waals surface area (Å²) in [6.07, 6.45) is -5.13. The highest BCUT2D eigenvalue weighted by Gasteiger charge is 2.26. The van der Waals surface area contributed by atoms with E-state index in [1.807, 2.05) is 42.5 Å². The molecule has 2 aromatic carbocycles. The van der Waals surface area contributed by atoms with Crippen molar-refractivity contribution in [3.8, 4) is 0 Å². The zero-order valence-corrected chi connectivity index (χ0v) is 10.9. The van der Waals surface area contributed by atoms with Gasteiger partial charge in [-0.05, 0) is 22.4 Å². The summed E-state index contributed by atoms with van der Waals surface area (Å²) < 4.78 is 40.9. The van der Waals surface area contributed by atoms with Gasteiger partial charge in [0.1, 0.15) is 0 Å². The van der Waals surface area contributed by atoms with Crippen LogP contribution >= 0.6 is 0 Å². The lowest BCUT2D eigenvalue weighted by Gasteiger charge is -2.14. The van der Waals surface area contributed by atoms with E-state index in [0.717, 1.165) is 16.3 Å². The molecule has 0 fully saturated rings. The van der Waals surface area contributed by atoms with Gasteiger partial charge in [-0.25, -0.2) is 0 Å². The third kappa shape index (κ3) is 4.21. The number of alkyl halides is 3. The Hall–Kier alpha value is -1.59. The molecule has 2 aromatic rings. The Kier molecular flexibility index (Phi) is 4.62. The maximum absolute atomic E-state index is 12.0. The van der Waals surface area contributed by atoms with Gasteiger partial charge >= 0.3 is 6.18 Å². The highest BCUT2D eigenvalue weighted by atomic mass is 19.4. The van der Waals surface area contributed by atoms with Crippen molar-refractivity contribution in [3.05, 3.63) is 48.0 Å². The van der Waals surface area contributed by atoms with Crippen molar-refractivity contribution < 1.29 is 17.9 Å². The summed E-state index contributed by atoms with van der Waals surface area (Å²) in [4.78, 5) is 0. The summed E-state index contributed by atoms with van der Waals surface area (Å²) in [6.45, 7) is -0.279. The molecule has 2 rings (SSSR count). The first-order valence-corrected chi connectivity index (χ1v) is 6.34. The van der Waals surface area contributed by atoms with Crippen LogP contribution in [0.2, 0.25) is 0 Å². The Balaban J connectivity index is 1.92. The maximum atomic E-state index is 12.0.